The van der Waals surface area contributed by atoms with Crippen molar-refractivity contribution in [3.8, 4) is 0 Å². The molecule has 1 fully saturated rings. The minimum absolute atomic E-state index is 0.423. The number of hydrogen-bond donors (Lipinski definition) is 0. The fraction of sp³-hybridized carbons (Fsp3) is 0.850. The number of rotatable bonds is 8. The predicted octanol–water partition coefficient (Wildman–Crippen LogP) is 6.53. The molecule has 0 amide bonds. The highest BCUT2D eigenvalue weighted by Crippen LogP contribution is 2.30. The summed E-state index contributed by atoms with van der Waals surface area (Å²) in [5.74, 6) is 1.22. The zero-order valence-corrected chi connectivity index (χ0v) is 15.4. The second-order valence-electron chi connectivity index (χ2n) is 7.42. The largest absolute Gasteiger partial charge is 0.294 e. The molecule has 1 saturated carbocycles. The Hall–Kier alpha value is -0.660. The molecule has 128 valence electrons. The molecule has 0 aliphatic heterocycles. The van der Waals surface area contributed by atoms with Crippen molar-refractivity contribution in [3.05, 3.63) is 11.1 Å². The maximum Gasteiger partial charge on any atom is 0.100 e. The molecular weight excluding hydrogens is 273 g/mol. The average molecular weight is 310 g/mol. The normalized spacial score (nSPS) is 25.6. The number of halogens is 1. The van der Waals surface area contributed by atoms with Gasteiger partial charge in [-0.15, -0.1) is 0 Å². The van der Waals surface area contributed by atoms with Crippen molar-refractivity contribution in [2.24, 2.45) is 16.8 Å². The van der Waals surface area contributed by atoms with Crippen LogP contribution in [0, 0.1) is 11.8 Å². The highest BCUT2D eigenvalue weighted by atomic mass is 19.1. The lowest BCUT2D eigenvalue weighted by molar-refractivity contribution is 0.188. The highest BCUT2D eigenvalue weighted by Gasteiger charge is 2.21. The van der Waals surface area contributed by atoms with E-state index in [2.05, 4.69) is 40.8 Å². The van der Waals surface area contributed by atoms with Gasteiger partial charge in [0.05, 0.1) is 0 Å². The molecule has 0 N–H and O–H groups in total. The van der Waals surface area contributed by atoms with Gasteiger partial charge < -0.3 is 0 Å². The minimum Gasteiger partial charge on any atom is -0.294 e. The second kappa shape index (κ2) is 10.2. The summed E-state index contributed by atoms with van der Waals surface area (Å²) < 4.78 is 13.4. The topological polar surface area (TPSA) is 12.4 Å². The smallest absolute Gasteiger partial charge is 0.100 e. The van der Waals surface area contributed by atoms with Crippen molar-refractivity contribution >= 4 is 6.21 Å². The third kappa shape index (κ3) is 7.07. The molecule has 1 nitrogen and oxygen atoms in total. The van der Waals surface area contributed by atoms with E-state index in [0.29, 0.717) is 17.9 Å². The van der Waals surface area contributed by atoms with Crippen LogP contribution in [0.25, 0.3) is 0 Å². The van der Waals surface area contributed by atoms with Crippen LogP contribution in [-0.2, 0) is 0 Å². The van der Waals surface area contributed by atoms with Crippen molar-refractivity contribution in [3.63, 3.8) is 0 Å². The molecule has 0 aromatic rings. The third-order valence-corrected chi connectivity index (χ3v) is 5.35. The molecule has 1 aliphatic rings. The zero-order chi connectivity index (χ0) is 16.5. The number of alkyl halides is 1. The molecule has 3 unspecified atom stereocenters. The van der Waals surface area contributed by atoms with Crippen molar-refractivity contribution in [1.29, 1.82) is 0 Å². The Morgan fingerprint density at radius 1 is 1.27 bits per heavy atom. The Morgan fingerprint density at radius 3 is 2.59 bits per heavy atom. The van der Waals surface area contributed by atoms with Gasteiger partial charge in [0.15, 0.2) is 0 Å². The van der Waals surface area contributed by atoms with Gasteiger partial charge in [-0.3, -0.25) is 4.99 Å². The third-order valence-electron chi connectivity index (χ3n) is 5.35. The molecule has 0 radical (unpaired) electrons. The molecule has 2 heteroatoms. The molecule has 0 heterocycles. The van der Waals surface area contributed by atoms with Crippen molar-refractivity contribution in [1.82, 2.24) is 0 Å². The lowest BCUT2D eigenvalue weighted by Gasteiger charge is -2.25. The summed E-state index contributed by atoms with van der Waals surface area (Å²) >= 11 is 0. The van der Waals surface area contributed by atoms with Crippen molar-refractivity contribution in [2.75, 3.05) is 0 Å². The standard InChI is InChI=1S/C20H36FN/c1-6-20(11-10-18-8-7-9-19(21)14-18)22-13-12-16(4)17(5)15(2)3/h13,15,18-20H,6-12,14H2,1-5H3/b17-16+,22-13?. The average Bonchev–Trinajstić information content (AvgIpc) is 2.49. The summed E-state index contributed by atoms with van der Waals surface area (Å²) in [5.41, 5.74) is 2.93. The van der Waals surface area contributed by atoms with Crippen molar-refractivity contribution < 1.29 is 4.39 Å². The van der Waals surface area contributed by atoms with Gasteiger partial charge in [0.1, 0.15) is 6.17 Å². The molecule has 0 spiro atoms. The quantitative estimate of drug-likeness (QED) is 0.357. The fourth-order valence-electron chi connectivity index (χ4n) is 3.29. The fourth-order valence-corrected chi connectivity index (χ4v) is 3.29. The van der Waals surface area contributed by atoms with Crippen LogP contribution < -0.4 is 0 Å². The Morgan fingerprint density at radius 2 is 2.00 bits per heavy atom. The maximum absolute atomic E-state index is 13.4. The Balaban J connectivity index is 2.38. The second-order valence-corrected chi connectivity index (χ2v) is 7.42. The number of allylic oxidation sites excluding steroid dienone is 2. The monoisotopic (exact) mass is 309 g/mol. The molecule has 1 aliphatic carbocycles. The summed E-state index contributed by atoms with van der Waals surface area (Å²) in [7, 11) is 0. The first-order valence-corrected chi connectivity index (χ1v) is 9.25. The van der Waals surface area contributed by atoms with Gasteiger partial charge in [-0.05, 0) is 57.8 Å². The van der Waals surface area contributed by atoms with E-state index in [-0.39, 0.29) is 0 Å². The van der Waals surface area contributed by atoms with E-state index < -0.39 is 6.17 Å². The highest BCUT2D eigenvalue weighted by molar-refractivity contribution is 5.61. The van der Waals surface area contributed by atoms with E-state index in [1.807, 2.05) is 0 Å². The number of hydrogen-bond acceptors (Lipinski definition) is 1. The lowest BCUT2D eigenvalue weighted by Crippen LogP contribution is -2.17. The van der Waals surface area contributed by atoms with Crippen LogP contribution in [0.2, 0.25) is 0 Å². The van der Waals surface area contributed by atoms with Crippen LogP contribution in [0.15, 0.2) is 16.1 Å². The molecule has 0 aromatic heterocycles. The number of aliphatic imine (C=N–C) groups is 1. The van der Waals surface area contributed by atoms with Gasteiger partial charge in [0.25, 0.3) is 0 Å². The number of nitrogens with zero attached hydrogens (tertiary/aromatic N) is 1. The van der Waals surface area contributed by atoms with E-state index in [0.717, 1.165) is 44.9 Å². The van der Waals surface area contributed by atoms with Gasteiger partial charge in [0.2, 0.25) is 0 Å². The van der Waals surface area contributed by atoms with Crippen LogP contribution in [0.3, 0.4) is 0 Å². The first-order valence-electron chi connectivity index (χ1n) is 9.25. The van der Waals surface area contributed by atoms with Crippen LogP contribution >= 0.6 is 0 Å². The van der Waals surface area contributed by atoms with E-state index >= 15 is 0 Å². The van der Waals surface area contributed by atoms with Crippen LogP contribution in [0.5, 0.6) is 0 Å². The van der Waals surface area contributed by atoms with Crippen molar-refractivity contribution in [2.45, 2.75) is 98.2 Å². The predicted molar refractivity (Wildman–Crippen MR) is 96.5 cm³/mol. The van der Waals surface area contributed by atoms with Crippen LogP contribution in [-0.4, -0.2) is 18.4 Å². The van der Waals surface area contributed by atoms with Gasteiger partial charge in [-0.2, -0.15) is 0 Å². The first kappa shape index (κ1) is 19.4. The molecule has 3 atom stereocenters. The van der Waals surface area contributed by atoms with Crippen LogP contribution in [0.4, 0.5) is 4.39 Å². The van der Waals surface area contributed by atoms with E-state index in [9.17, 15) is 4.39 Å². The maximum atomic E-state index is 13.4. The summed E-state index contributed by atoms with van der Waals surface area (Å²) in [6, 6.07) is 0.423. The Kier molecular flexibility index (Phi) is 8.97. The summed E-state index contributed by atoms with van der Waals surface area (Å²) in [6.07, 6.45) is 9.75. The molecule has 0 bridgehead atoms. The summed E-state index contributed by atoms with van der Waals surface area (Å²) in [6.45, 7) is 11.1. The SMILES string of the molecule is CCC(CCC1CCCC(F)C1)N=CC/C(C)=C(\C)C(C)C. The Labute approximate surface area is 137 Å². The lowest BCUT2D eigenvalue weighted by atomic mass is 9.84. The van der Waals surface area contributed by atoms with E-state index in [1.165, 1.54) is 17.6 Å². The van der Waals surface area contributed by atoms with Gasteiger partial charge in [0, 0.05) is 18.7 Å². The van der Waals surface area contributed by atoms with Gasteiger partial charge in [-0.1, -0.05) is 44.8 Å². The molecule has 0 saturated heterocycles. The van der Waals surface area contributed by atoms with Crippen LogP contribution in [0.1, 0.15) is 86.0 Å². The van der Waals surface area contributed by atoms with Gasteiger partial charge >= 0.3 is 0 Å². The summed E-state index contributed by atoms with van der Waals surface area (Å²) in [4.78, 5) is 4.77. The molecule has 1 rings (SSSR count). The molecule has 22 heavy (non-hydrogen) atoms. The Bertz CT molecular complexity index is 370. The van der Waals surface area contributed by atoms with E-state index in [4.69, 9.17) is 4.99 Å². The minimum atomic E-state index is -0.547. The first-order chi connectivity index (χ1) is 10.4. The van der Waals surface area contributed by atoms with Gasteiger partial charge in [-0.25, -0.2) is 4.39 Å². The summed E-state index contributed by atoms with van der Waals surface area (Å²) in [5, 5.41) is 0. The molecule has 0 aromatic carbocycles. The van der Waals surface area contributed by atoms with E-state index in [1.54, 1.807) is 0 Å². The molecular formula is C20H36FN. The zero-order valence-electron chi connectivity index (χ0n) is 15.4.